The third-order valence-corrected chi connectivity index (χ3v) is 5.03. The second kappa shape index (κ2) is 14.3. The molecule has 26 heavy (non-hydrogen) atoms. The summed E-state index contributed by atoms with van der Waals surface area (Å²) in [5.74, 6) is -0.0359. The molecule has 0 aromatic carbocycles. The lowest BCUT2D eigenvalue weighted by molar-refractivity contribution is -0.181. The van der Waals surface area contributed by atoms with Gasteiger partial charge in [0.05, 0.1) is 18.8 Å². The number of hydrogen-bond acceptors (Lipinski definition) is 5. The summed E-state index contributed by atoms with van der Waals surface area (Å²) in [6, 6.07) is 0. The highest BCUT2D eigenvalue weighted by Gasteiger charge is 2.36. The quantitative estimate of drug-likeness (QED) is 0.323. The van der Waals surface area contributed by atoms with E-state index in [-0.39, 0.29) is 25.2 Å². The van der Waals surface area contributed by atoms with Gasteiger partial charge in [0.15, 0.2) is 5.78 Å². The third-order valence-electron chi connectivity index (χ3n) is 5.03. The zero-order valence-electron chi connectivity index (χ0n) is 16.3. The minimum absolute atomic E-state index is 0.0359. The highest BCUT2D eigenvalue weighted by molar-refractivity contribution is 5.89. The number of carbonyl (C=O) groups is 1. The highest BCUT2D eigenvalue weighted by Crippen LogP contribution is 2.22. The summed E-state index contributed by atoms with van der Waals surface area (Å²) in [7, 11) is 0. The van der Waals surface area contributed by atoms with E-state index in [1.807, 2.05) is 6.08 Å². The van der Waals surface area contributed by atoms with Crippen molar-refractivity contribution in [1.82, 2.24) is 0 Å². The molecule has 1 saturated heterocycles. The van der Waals surface area contributed by atoms with Crippen molar-refractivity contribution in [3.63, 3.8) is 0 Å². The van der Waals surface area contributed by atoms with Crippen LogP contribution in [0.1, 0.15) is 84.0 Å². The fraction of sp³-hybridized carbons (Fsp3) is 0.857. The van der Waals surface area contributed by atoms with Crippen LogP contribution in [-0.2, 0) is 9.53 Å². The fourth-order valence-corrected chi connectivity index (χ4v) is 3.40. The molecule has 152 valence electrons. The Kier molecular flexibility index (Phi) is 12.8. The topological polar surface area (TPSA) is 87.0 Å². The standard InChI is InChI=1S/C21H38O5/c1-2-3-4-5-6-7-8-9-10-11-12-13-17(23)14-18-15-19(24)21(25)20(16-22)26-18/h12-13,18-22,24-25H,2-11,14-16H2,1H3/b13-12+/t18-,19+,20?,21?/m0/s1. The Morgan fingerprint density at radius 1 is 1.04 bits per heavy atom. The van der Waals surface area contributed by atoms with Crippen LogP contribution in [0.3, 0.4) is 0 Å². The van der Waals surface area contributed by atoms with E-state index in [0.29, 0.717) is 0 Å². The average Bonchev–Trinajstić information content (AvgIpc) is 2.62. The van der Waals surface area contributed by atoms with Crippen LogP contribution in [-0.4, -0.2) is 52.1 Å². The first-order valence-electron chi connectivity index (χ1n) is 10.4. The minimum atomic E-state index is -1.09. The molecule has 0 aromatic rings. The Bertz CT molecular complexity index is 396. The summed E-state index contributed by atoms with van der Waals surface area (Å²) in [6.07, 6.45) is 13.1. The monoisotopic (exact) mass is 370 g/mol. The minimum Gasteiger partial charge on any atom is -0.394 e. The molecule has 1 fully saturated rings. The second-order valence-corrected chi connectivity index (χ2v) is 7.46. The highest BCUT2D eigenvalue weighted by atomic mass is 16.5. The van der Waals surface area contributed by atoms with Gasteiger partial charge < -0.3 is 20.1 Å². The van der Waals surface area contributed by atoms with Gasteiger partial charge in [-0.1, -0.05) is 64.4 Å². The maximum absolute atomic E-state index is 12.0. The predicted molar refractivity (Wildman–Crippen MR) is 103 cm³/mol. The molecule has 0 bridgehead atoms. The Hall–Kier alpha value is -0.750. The first kappa shape index (κ1) is 23.3. The van der Waals surface area contributed by atoms with Crippen LogP contribution in [0.5, 0.6) is 0 Å². The number of allylic oxidation sites excluding steroid dienone is 2. The molecule has 5 nitrogen and oxygen atoms in total. The van der Waals surface area contributed by atoms with Gasteiger partial charge in [-0.3, -0.25) is 4.79 Å². The molecule has 1 heterocycles. The van der Waals surface area contributed by atoms with Crippen molar-refractivity contribution in [2.75, 3.05) is 6.61 Å². The van der Waals surface area contributed by atoms with Crippen LogP contribution < -0.4 is 0 Å². The largest absolute Gasteiger partial charge is 0.394 e. The maximum atomic E-state index is 12.0. The van der Waals surface area contributed by atoms with Gasteiger partial charge in [0.2, 0.25) is 0 Å². The van der Waals surface area contributed by atoms with E-state index in [1.54, 1.807) is 6.08 Å². The number of aliphatic hydroxyl groups excluding tert-OH is 3. The van der Waals surface area contributed by atoms with Crippen LogP contribution in [0.15, 0.2) is 12.2 Å². The van der Waals surface area contributed by atoms with Crippen LogP contribution in [0.2, 0.25) is 0 Å². The molecule has 2 unspecified atom stereocenters. The van der Waals surface area contributed by atoms with Crippen molar-refractivity contribution in [2.45, 2.75) is 108 Å². The molecular weight excluding hydrogens is 332 g/mol. The van der Waals surface area contributed by atoms with Gasteiger partial charge in [-0.2, -0.15) is 0 Å². The smallest absolute Gasteiger partial charge is 0.157 e. The summed E-state index contributed by atoms with van der Waals surface area (Å²) in [4.78, 5) is 12.0. The van der Waals surface area contributed by atoms with Crippen molar-refractivity contribution in [3.8, 4) is 0 Å². The van der Waals surface area contributed by atoms with Crippen molar-refractivity contribution in [1.29, 1.82) is 0 Å². The van der Waals surface area contributed by atoms with Gasteiger partial charge in [-0.05, 0) is 18.9 Å². The number of unbranched alkanes of at least 4 members (excludes halogenated alkanes) is 9. The van der Waals surface area contributed by atoms with Gasteiger partial charge in [-0.25, -0.2) is 0 Å². The number of aliphatic hydroxyl groups is 3. The Labute approximate surface area is 158 Å². The number of rotatable bonds is 14. The molecule has 5 heteroatoms. The van der Waals surface area contributed by atoms with E-state index in [4.69, 9.17) is 9.84 Å². The zero-order valence-corrected chi connectivity index (χ0v) is 16.3. The molecule has 1 aliphatic rings. The molecule has 1 aliphatic heterocycles. The average molecular weight is 371 g/mol. The molecule has 0 aliphatic carbocycles. The van der Waals surface area contributed by atoms with E-state index < -0.39 is 24.4 Å². The normalized spacial score (nSPS) is 26.5. The molecule has 0 aromatic heterocycles. The first-order chi connectivity index (χ1) is 12.6. The number of ether oxygens (including phenoxy) is 1. The van der Waals surface area contributed by atoms with Crippen molar-refractivity contribution < 1.29 is 24.9 Å². The number of carbonyl (C=O) groups excluding carboxylic acids is 1. The van der Waals surface area contributed by atoms with E-state index >= 15 is 0 Å². The first-order valence-corrected chi connectivity index (χ1v) is 10.4. The van der Waals surface area contributed by atoms with Gasteiger partial charge >= 0.3 is 0 Å². The fourth-order valence-electron chi connectivity index (χ4n) is 3.40. The van der Waals surface area contributed by atoms with Gasteiger partial charge in [0, 0.05) is 12.8 Å². The predicted octanol–water partition coefficient (Wildman–Crippen LogP) is 3.29. The van der Waals surface area contributed by atoms with Crippen molar-refractivity contribution in [3.05, 3.63) is 12.2 Å². The van der Waals surface area contributed by atoms with E-state index in [2.05, 4.69) is 6.92 Å². The number of hydrogen-bond donors (Lipinski definition) is 3. The van der Waals surface area contributed by atoms with E-state index in [1.165, 1.54) is 51.4 Å². The number of ketones is 1. The molecule has 0 radical (unpaired) electrons. The molecule has 0 spiro atoms. The Morgan fingerprint density at radius 3 is 2.27 bits per heavy atom. The molecule has 4 atom stereocenters. The summed E-state index contributed by atoms with van der Waals surface area (Å²) in [5.41, 5.74) is 0. The van der Waals surface area contributed by atoms with Gasteiger partial charge in [0.1, 0.15) is 12.2 Å². The maximum Gasteiger partial charge on any atom is 0.157 e. The third kappa shape index (κ3) is 9.81. The molecule has 0 amide bonds. The summed E-state index contributed by atoms with van der Waals surface area (Å²) in [6.45, 7) is 1.87. The lowest BCUT2D eigenvalue weighted by Crippen LogP contribution is -2.50. The molecule has 0 saturated carbocycles. The van der Waals surface area contributed by atoms with Crippen LogP contribution in [0, 0.1) is 0 Å². The van der Waals surface area contributed by atoms with Crippen molar-refractivity contribution >= 4 is 5.78 Å². The van der Waals surface area contributed by atoms with Gasteiger partial charge in [-0.15, -0.1) is 0 Å². The molecular formula is C21H38O5. The lowest BCUT2D eigenvalue weighted by Gasteiger charge is -2.36. The lowest BCUT2D eigenvalue weighted by atomic mass is 9.95. The summed E-state index contributed by atoms with van der Waals surface area (Å²) in [5, 5.41) is 28.6. The zero-order chi connectivity index (χ0) is 19.2. The Morgan fingerprint density at radius 2 is 1.65 bits per heavy atom. The molecule has 3 N–H and O–H groups in total. The van der Waals surface area contributed by atoms with Crippen molar-refractivity contribution in [2.24, 2.45) is 0 Å². The summed E-state index contributed by atoms with van der Waals surface area (Å²) < 4.78 is 5.48. The van der Waals surface area contributed by atoms with Gasteiger partial charge in [0.25, 0.3) is 0 Å². The van der Waals surface area contributed by atoms with Crippen LogP contribution in [0.4, 0.5) is 0 Å². The van der Waals surface area contributed by atoms with Crippen LogP contribution in [0.25, 0.3) is 0 Å². The summed E-state index contributed by atoms with van der Waals surface area (Å²) >= 11 is 0. The van der Waals surface area contributed by atoms with E-state index in [0.717, 1.165) is 12.8 Å². The Balaban J connectivity index is 2.06. The molecule has 1 rings (SSSR count). The van der Waals surface area contributed by atoms with Crippen LogP contribution >= 0.6 is 0 Å². The SMILES string of the molecule is CCCCCCCCCCC/C=C/C(=O)C[C@H]1C[C@@H](O)C(O)C(CO)O1. The second-order valence-electron chi connectivity index (χ2n) is 7.46. The van der Waals surface area contributed by atoms with E-state index in [9.17, 15) is 15.0 Å².